The van der Waals surface area contributed by atoms with Crippen LogP contribution in [0.2, 0.25) is 0 Å². The van der Waals surface area contributed by atoms with Gasteiger partial charge in [-0.1, -0.05) is 31.3 Å². The molecule has 0 aliphatic carbocycles. The van der Waals surface area contributed by atoms with E-state index in [-0.39, 0.29) is 0 Å². The molecule has 0 aliphatic rings. The molecule has 0 aromatic heterocycles. The summed E-state index contributed by atoms with van der Waals surface area (Å²) in [6.07, 6.45) is 0.635. The molecule has 2 N–H and O–H groups in total. The summed E-state index contributed by atoms with van der Waals surface area (Å²) in [4.78, 5) is 2.81. The minimum atomic E-state index is 0.510. The van der Waals surface area contributed by atoms with Crippen molar-refractivity contribution in [3.63, 3.8) is 0 Å². The molecule has 0 bridgehead atoms. The van der Waals surface area contributed by atoms with Crippen LogP contribution in [0.3, 0.4) is 0 Å². The van der Waals surface area contributed by atoms with Crippen molar-refractivity contribution < 1.29 is 9.47 Å². The van der Waals surface area contributed by atoms with Crippen LogP contribution in [0.5, 0.6) is 5.75 Å². The Morgan fingerprint density at radius 2 is 1.85 bits per heavy atom. The van der Waals surface area contributed by atoms with Crippen molar-refractivity contribution in [3.8, 4) is 5.75 Å². The van der Waals surface area contributed by atoms with Crippen LogP contribution in [0.15, 0.2) is 24.3 Å². The van der Waals surface area contributed by atoms with Gasteiger partial charge in [-0.15, -0.1) is 0 Å². The molecule has 112 valence electrons. The normalized spacial score (nSPS) is 10.8. The number of ether oxygens (including phenoxy) is 2. The fourth-order valence-electron chi connectivity index (χ4n) is 1.85. The Morgan fingerprint density at radius 3 is 2.40 bits per heavy atom. The summed E-state index contributed by atoms with van der Waals surface area (Å²) in [5.74, 6) is 0.875. The van der Waals surface area contributed by atoms with E-state index < -0.39 is 0 Å². The molecule has 20 heavy (non-hydrogen) atoms. The highest BCUT2D eigenvalue weighted by atomic mass is 32.1. The van der Waals surface area contributed by atoms with Crippen LogP contribution < -0.4 is 10.5 Å². The Labute approximate surface area is 126 Å². The molecule has 5 heteroatoms. The quantitative estimate of drug-likeness (QED) is 0.668. The molecule has 0 saturated heterocycles. The topological polar surface area (TPSA) is 47.7 Å². The molecule has 0 fully saturated rings. The third-order valence-corrected chi connectivity index (χ3v) is 3.18. The second-order valence-electron chi connectivity index (χ2n) is 4.56. The van der Waals surface area contributed by atoms with Crippen LogP contribution in [0.4, 0.5) is 0 Å². The Balaban J connectivity index is 2.32. The highest BCUT2D eigenvalue weighted by Gasteiger charge is 2.02. The highest BCUT2D eigenvalue weighted by molar-refractivity contribution is 7.80. The zero-order valence-electron chi connectivity index (χ0n) is 12.3. The van der Waals surface area contributed by atoms with E-state index in [9.17, 15) is 0 Å². The summed E-state index contributed by atoms with van der Waals surface area (Å²) in [5, 5.41) is 0. The average molecular weight is 296 g/mol. The van der Waals surface area contributed by atoms with Gasteiger partial charge in [0.25, 0.3) is 0 Å². The van der Waals surface area contributed by atoms with Gasteiger partial charge in [-0.05, 0) is 24.2 Å². The molecule has 0 atom stereocenters. The van der Waals surface area contributed by atoms with Crippen molar-refractivity contribution in [2.45, 2.75) is 13.3 Å². The summed E-state index contributed by atoms with van der Waals surface area (Å²) in [5.41, 5.74) is 6.63. The van der Waals surface area contributed by atoms with Gasteiger partial charge in [0.15, 0.2) is 0 Å². The number of nitrogens with two attached hydrogens (primary N) is 1. The van der Waals surface area contributed by atoms with Gasteiger partial charge < -0.3 is 15.2 Å². The first kappa shape index (κ1) is 16.9. The molecule has 0 amide bonds. The molecular formula is C15H24N2O2S. The SMILES string of the molecule is CCN(CCOC)CCOc1ccc(CC(N)=S)cc1. The number of hydrogen-bond acceptors (Lipinski definition) is 4. The van der Waals surface area contributed by atoms with E-state index in [0.717, 1.165) is 37.6 Å². The number of likely N-dealkylation sites (N-methyl/N-ethyl adjacent to an activating group) is 1. The summed E-state index contributed by atoms with van der Waals surface area (Å²) >= 11 is 4.89. The van der Waals surface area contributed by atoms with Gasteiger partial charge in [-0.25, -0.2) is 0 Å². The molecule has 0 radical (unpaired) electrons. The molecule has 1 aromatic carbocycles. The second kappa shape index (κ2) is 9.69. The third-order valence-electron chi connectivity index (χ3n) is 3.04. The number of hydrogen-bond donors (Lipinski definition) is 1. The van der Waals surface area contributed by atoms with Crippen molar-refractivity contribution in [1.29, 1.82) is 0 Å². The first-order valence-corrected chi connectivity index (χ1v) is 7.28. The first-order valence-electron chi connectivity index (χ1n) is 6.87. The van der Waals surface area contributed by atoms with E-state index in [1.165, 1.54) is 0 Å². The van der Waals surface area contributed by atoms with Crippen molar-refractivity contribution >= 4 is 17.2 Å². The second-order valence-corrected chi connectivity index (χ2v) is 5.09. The monoisotopic (exact) mass is 296 g/mol. The Bertz CT molecular complexity index is 395. The molecule has 1 rings (SSSR count). The molecule has 1 aromatic rings. The molecule has 0 aliphatic heterocycles. The maximum Gasteiger partial charge on any atom is 0.119 e. The van der Waals surface area contributed by atoms with Crippen LogP contribution in [0, 0.1) is 0 Å². The third kappa shape index (κ3) is 6.84. The number of thiocarbonyl (C=S) groups is 1. The molecular weight excluding hydrogens is 272 g/mol. The summed E-state index contributed by atoms with van der Waals surface area (Å²) < 4.78 is 10.8. The van der Waals surface area contributed by atoms with E-state index in [4.69, 9.17) is 27.4 Å². The maximum atomic E-state index is 5.73. The van der Waals surface area contributed by atoms with Crippen molar-refractivity contribution in [1.82, 2.24) is 4.90 Å². The minimum absolute atomic E-state index is 0.510. The number of rotatable bonds is 10. The van der Waals surface area contributed by atoms with Crippen molar-refractivity contribution in [3.05, 3.63) is 29.8 Å². The fraction of sp³-hybridized carbons (Fsp3) is 0.533. The summed E-state index contributed by atoms with van der Waals surface area (Å²) in [7, 11) is 1.72. The predicted molar refractivity (Wildman–Crippen MR) is 86.4 cm³/mol. The fourth-order valence-corrected chi connectivity index (χ4v) is 2.01. The van der Waals surface area contributed by atoms with Crippen molar-refractivity contribution in [2.24, 2.45) is 5.73 Å². The van der Waals surface area contributed by atoms with Gasteiger partial charge in [-0.3, -0.25) is 4.90 Å². The molecule has 0 spiro atoms. The van der Waals surface area contributed by atoms with E-state index in [1.807, 2.05) is 24.3 Å². The zero-order valence-corrected chi connectivity index (χ0v) is 13.1. The largest absolute Gasteiger partial charge is 0.492 e. The van der Waals surface area contributed by atoms with Gasteiger partial charge in [0.2, 0.25) is 0 Å². The summed E-state index contributed by atoms with van der Waals surface area (Å²) in [6.45, 7) is 6.39. The van der Waals surface area contributed by atoms with Crippen LogP contribution in [-0.4, -0.2) is 49.8 Å². The first-order chi connectivity index (χ1) is 9.65. The number of methoxy groups -OCH3 is 1. The maximum absolute atomic E-state index is 5.73. The Kier molecular flexibility index (Phi) is 8.18. The lowest BCUT2D eigenvalue weighted by Gasteiger charge is -2.19. The van der Waals surface area contributed by atoms with E-state index in [1.54, 1.807) is 7.11 Å². The van der Waals surface area contributed by atoms with Gasteiger partial charge in [0, 0.05) is 26.6 Å². The summed E-state index contributed by atoms with van der Waals surface area (Å²) in [6, 6.07) is 7.91. The lowest BCUT2D eigenvalue weighted by molar-refractivity contribution is 0.138. The Morgan fingerprint density at radius 1 is 1.20 bits per heavy atom. The molecule has 0 unspecified atom stereocenters. The lowest BCUT2D eigenvalue weighted by atomic mass is 10.1. The standard InChI is InChI=1S/C15H24N2O2S/c1-3-17(8-10-18-2)9-11-19-14-6-4-13(5-7-14)12-15(16)20/h4-7H,3,8-12H2,1-2H3,(H2,16,20). The Hall–Kier alpha value is -1.17. The number of benzene rings is 1. The predicted octanol–water partition coefficient (Wildman–Crippen LogP) is 1.86. The van der Waals surface area contributed by atoms with E-state index >= 15 is 0 Å². The van der Waals surface area contributed by atoms with E-state index in [2.05, 4.69) is 11.8 Å². The smallest absolute Gasteiger partial charge is 0.119 e. The average Bonchev–Trinajstić information content (AvgIpc) is 2.44. The van der Waals surface area contributed by atoms with Crippen molar-refractivity contribution in [2.75, 3.05) is 40.0 Å². The van der Waals surface area contributed by atoms with Gasteiger partial charge in [0.1, 0.15) is 12.4 Å². The molecule has 4 nitrogen and oxygen atoms in total. The van der Waals surface area contributed by atoms with E-state index in [0.29, 0.717) is 18.0 Å². The zero-order chi connectivity index (χ0) is 14.8. The minimum Gasteiger partial charge on any atom is -0.492 e. The highest BCUT2D eigenvalue weighted by Crippen LogP contribution is 2.12. The molecule has 0 saturated carbocycles. The van der Waals surface area contributed by atoms with Gasteiger partial charge in [0.05, 0.1) is 11.6 Å². The van der Waals surface area contributed by atoms with Crippen LogP contribution in [-0.2, 0) is 11.2 Å². The van der Waals surface area contributed by atoms with Crippen LogP contribution >= 0.6 is 12.2 Å². The van der Waals surface area contributed by atoms with Gasteiger partial charge >= 0.3 is 0 Å². The van der Waals surface area contributed by atoms with Crippen LogP contribution in [0.25, 0.3) is 0 Å². The molecule has 0 heterocycles. The number of nitrogens with zero attached hydrogens (tertiary/aromatic N) is 1. The van der Waals surface area contributed by atoms with Crippen LogP contribution in [0.1, 0.15) is 12.5 Å². The lowest BCUT2D eigenvalue weighted by Crippen LogP contribution is -2.31. The van der Waals surface area contributed by atoms with Gasteiger partial charge in [-0.2, -0.15) is 0 Å².